The molecule has 4 aliphatic rings. The Balaban J connectivity index is 1.50. The lowest BCUT2D eigenvalue weighted by Gasteiger charge is -2.57. The van der Waals surface area contributed by atoms with Crippen LogP contribution >= 0.6 is 0 Å². The molecule has 4 saturated carbocycles. The van der Waals surface area contributed by atoms with Crippen LogP contribution in [-0.4, -0.2) is 36.4 Å². The van der Waals surface area contributed by atoms with Crippen LogP contribution < -0.4 is 4.74 Å². The number of methoxy groups -OCH3 is 1. The maximum Gasteiger partial charge on any atom is 0.339 e. The summed E-state index contributed by atoms with van der Waals surface area (Å²) in [5.74, 6) is 7.95. The summed E-state index contributed by atoms with van der Waals surface area (Å²) in [6.45, 7) is 1.64. The van der Waals surface area contributed by atoms with E-state index in [0.29, 0.717) is 12.2 Å². The molecule has 0 radical (unpaired) electrons. The van der Waals surface area contributed by atoms with Crippen LogP contribution in [0.25, 0.3) is 0 Å². The van der Waals surface area contributed by atoms with Crippen LogP contribution in [-0.2, 0) is 14.9 Å². The van der Waals surface area contributed by atoms with Gasteiger partial charge in [-0.05, 0) is 105 Å². The van der Waals surface area contributed by atoms with Gasteiger partial charge in [-0.25, -0.2) is 4.79 Å². The highest BCUT2D eigenvalue weighted by Gasteiger charge is 2.52. The zero-order valence-electron chi connectivity index (χ0n) is 20.3. The lowest BCUT2D eigenvalue weighted by molar-refractivity contribution is -0.231. The van der Waals surface area contributed by atoms with Crippen molar-refractivity contribution in [2.24, 2.45) is 17.8 Å². The Hall–Kier alpha value is -3.01. The number of phenols is 1. The molecule has 0 aliphatic heterocycles. The molecule has 6 heteroatoms. The molecule has 0 heterocycles. The van der Waals surface area contributed by atoms with Crippen molar-refractivity contribution < 1.29 is 29.2 Å². The predicted molar refractivity (Wildman–Crippen MR) is 130 cm³/mol. The summed E-state index contributed by atoms with van der Waals surface area (Å²) in [6.07, 6.45) is 7.61. The number of aromatic carboxylic acids is 1. The minimum absolute atomic E-state index is 0.0910. The molecule has 0 spiro atoms. The summed E-state index contributed by atoms with van der Waals surface area (Å²) >= 11 is 0. The first kappa shape index (κ1) is 23.7. The largest absolute Gasteiger partial charge is 0.507 e. The number of carbonyl (C=O) groups is 1. The van der Waals surface area contributed by atoms with Gasteiger partial charge in [0.2, 0.25) is 0 Å². The molecular formula is C29H32O6. The van der Waals surface area contributed by atoms with Gasteiger partial charge < -0.3 is 24.4 Å². The van der Waals surface area contributed by atoms with E-state index in [1.807, 2.05) is 19.1 Å². The summed E-state index contributed by atoms with van der Waals surface area (Å²) in [4.78, 5) is 11.2. The Labute approximate surface area is 206 Å². The summed E-state index contributed by atoms with van der Waals surface area (Å²) in [6, 6.07) is 10.4. The molecule has 2 aromatic carbocycles. The van der Waals surface area contributed by atoms with E-state index >= 15 is 0 Å². The zero-order valence-corrected chi connectivity index (χ0v) is 20.3. The fourth-order valence-electron chi connectivity index (χ4n) is 6.89. The van der Waals surface area contributed by atoms with E-state index in [9.17, 15) is 9.90 Å². The smallest absolute Gasteiger partial charge is 0.339 e. The molecule has 2 aromatic rings. The van der Waals surface area contributed by atoms with Gasteiger partial charge in [-0.2, -0.15) is 0 Å². The van der Waals surface area contributed by atoms with Gasteiger partial charge in [0, 0.05) is 23.8 Å². The zero-order chi connectivity index (χ0) is 24.6. The highest BCUT2D eigenvalue weighted by molar-refractivity contribution is 5.90. The minimum atomic E-state index is -1.17. The standard InChI is InChI=1S/C29H32O6/c1-3-34-28(33-2)35-26-9-7-18(4-5-19-6-8-23(27(31)32)25(30)14-19)13-24(26)29-15-20-10-21(16-29)12-22(11-20)17-29/h6-9,13-14,20-22,28,30H,3,10-12,15-17H2,1-2H3,(H,31,32). The molecule has 4 fully saturated rings. The van der Waals surface area contributed by atoms with Crippen molar-refractivity contribution in [1.82, 2.24) is 0 Å². The number of hydrogen-bond donors (Lipinski definition) is 2. The molecule has 35 heavy (non-hydrogen) atoms. The Morgan fingerprint density at radius 1 is 1.03 bits per heavy atom. The molecule has 0 aromatic heterocycles. The van der Waals surface area contributed by atoms with E-state index < -0.39 is 12.4 Å². The van der Waals surface area contributed by atoms with Crippen LogP contribution in [0.1, 0.15) is 72.5 Å². The summed E-state index contributed by atoms with van der Waals surface area (Å²) in [5.41, 5.74) is 2.56. The number of rotatable bonds is 7. The quantitative estimate of drug-likeness (QED) is 0.417. The number of carboxylic acids is 1. The van der Waals surface area contributed by atoms with Gasteiger partial charge in [0.1, 0.15) is 17.1 Å². The summed E-state index contributed by atoms with van der Waals surface area (Å²) < 4.78 is 17.2. The van der Waals surface area contributed by atoms with Gasteiger partial charge in [0.25, 0.3) is 0 Å². The fraction of sp³-hybridized carbons (Fsp3) is 0.483. The molecule has 2 N–H and O–H groups in total. The van der Waals surface area contributed by atoms with Crippen molar-refractivity contribution in [2.75, 3.05) is 13.7 Å². The maximum atomic E-state index is 11.2. The number of carboxylic acid groups (broad SMARTS) is 1. The van der Waals surface area contributed by atoms with Gasteiger partial charge in [-0.15, -0.1) is 0 Å². The van der Waals surface area contributed by atoms with E-state index in [0.717, 1.165) is 29.1 Å². The van der Waals surface area contributed by atoms with Gasteiger partial charge in [-0.3, -0.25) is 0 Å². The Morgan fingerprint density at radius 3 is 2.17 bits per heavy atom. The van der Waals surface area contributed by atoms with Crippen molar-refractivity contribution in [3.05, 3.63) is 58.7 Å². The van der Waals surface area contributed by atoms with Gasteiger partial charge >= 0.3 is 12.4 Å². The molecule has 4 bridgehead atoms. The van der Waals surface area contributed by atoms with Crippen molar-refractivity contribution in [2.45, 2.75) is 57.3 Å². The van der Waals surface area contributed by atoms with E-state index in [2.05, 4.69) is 17.9 Å². The fourth-order valence-corrected chi connectivity index (χ4v) is 6.89. The number of hydrogen-bond acceptors (Lipinski definition) is 5. The minimum Gasteiger partial charge on any atom is -0.507 e. The second-order valence-corrected chi connectivity index (χ2v) is 10.3. The molecule has 1 atom stereocenters. The van der Waals surface area contributed by atoms with Crippen molar-refractivity contribution in [3.8, 4) is 23.3 Å². The molecular weight excluding hydrogens is 444 g/mol. The molecule has 6 rings (SSSR count). The molecule has 1 unspecified atom stereocenters. The SMILES string of the molecule is CCOC(OC)Oc1ccc(C#Cc2ccc(C(=O)O)c(O)c2)cc1C12CC3CC(CC(C3)C1)C2. The van der Waals surface area contributed by atoms with Crippen molar-refractivity contribution in [1.29, 1.82) is 0 Å². The van der Waals surface area contributed by atoms with Gasteiger partial charge in [0.05, 0.1) is 6.61 Å². The van der Waals surface area contributed by atoms with Gasteiger partial charge in [-0.1, -0.05) is 11.8 Å². The monoisotopic (exact) mass is 476 g/mol. The number of benzene rings is 2. The lowest BCUT2D eigenvalue weighted by Crippen LogP contribution is -2.48. The first-order valence-electron chi connectivity index (χ1n) is 12.4. The Morgan fingerprint density at radius 2 is 1.63 bits per heavy atom. The molecule has 6 nitrogen and oxygen atoms in total. The topological polar surface area (TPSA) is 85.2 Å². The third-order valence-corrected chi connectivity index (χ3v) is 7.89. The Kier molecular flexibility index (Phi) is 6.48. The maximum absolute atomic E-state index is 11.2. The van der Waals surface area contributed by atoms with E-state index in [1.165, 1.54) is 56.2 Å². The van der Waals surface area contributed by atoms with Gasteiger partial charge in [0.15, 0.2) is 0 Å². The van der Waals surface area contributed by atoms with E-state index in [4.69, 9.17) is 19.3 Å². The molecule has 0 amide bonds. The normalized spacial score (nSPS) is 27.2. The van der Waals surface area contributed by atoms with Crippen LogP contribution in [0, 0.1) is 29.6 Å². The van der Waals surface area contributed by atoms with Crippen LogP contribution in [0.3, 0.4) is 0 Å². The van der Waals surface area contributed by atoms with Crippen LogP contribution in [0.4, 0.5) is 0 Å². The first-order valence-corrected chi connectivity index (χ1v) is 12.4. The van der Waals surface area contributed by atoms with Crippen LogP contribution in [0.15, 0.2) is 36.4 Å². The van der Waals surface area contributed by atoms with Crippen LogP contribution in [0.5, 0.6) is 11.5 Å². The average Bonchev–Trinajstić information content (AvgIpc) is 2.82. The highest BCUT2D eigenvalue weighted by Crippen LogP contribution is 2.62. The van der Waals surface area contributed by atoms with E-state index in [-0.39, 0.29) is 16.7 Å². The number of aromatic hydroxyl groups is 1. The van der Waals surface area contributed by atoms with Crippen LogP contribution in [0.2, 0.25) is 0 Å². The molecule has 0 saturated heterocycles. The van der Waals surface area contributed by atoms with E-state index in [1.54, 1.807) is 13.2 Å². The lowest BCUT2D eigenvalue weighted by atomic mass is 9.48. The highest BCUT2D eigenvalue weighted by atomic mass is 16.8. The predicted octanol–water partition coefficient (Wildman–Crippen LogP) is 5.30. The molecule has 4 aliphatic carbocycles. The second-order valence-electron chi connectivity index (χ2n) is 10.3. The number of ether oxygens (including phenoxy) is 3. The summed E-state index contributed by atoms with van der Waals surface area (Å²) in [7, 11) is 1.58. The molecule has 184 valence electrons. The average molecular weight is 477 g/mol. The van der Waals surface area contributed by atoms with Crippen molar-refractivity contribution >= 4 is 5.97 Å². The first-order chi connectivity index (χ1) is 16.9. The second kappa shape index (κ2) is 9.56. The third-order valence-electron chi connectivity index (χ3n) is 7.89. The third kappa shape index (κ3) is 4.76. The Bertz CT molecular complexity index is 1140. The van der Waals surface area contributed by atoms with Crippen molar-refractivity contribution in [3.63, 3.8) is 0 Å². The summed E-state index contributed by atoms with van der Waals surface area (Å²) in [5, 5.41) is 19.1.